The molecule has 1 saturated carbocycles. The highest BCUT2D eigenvalue weighted by atomic mass is 15.2. The van der Waals surface area contributed by atoms with Crippen LogP contribution in [0.4, 0.5) is 0 Å². The van der Waals surface area contributed by atoms with Gasteiger partial charge in [-0.15, -0.1) is 0 Å². The molecule has 0 amide bonds. The van der Waals surface area contributed by atoms with Crippen LogP contribution in [0, 0.1) is 11.3 Å². The fraction of sp³-hybridized carbons (Fsp3) is 0.923. The topological polar surface area (TPSA) is 53.1 Å². The van der Waals surface area contributed by atoms with Crippen LogP contribution >= 0.6 is 0 Å². The Bertz CT molecular complexity index is 219. The molecule has 1 atom stereocenters. The van der Waals surface area contributed by atoms with E-state index in [9.17, 15) is 0 Å². The molecular weight excluding hydrogens is 198 g/mol. The van der Waals surface area contributed by atoms with Crippen molar-refractivity contribution < 1.29 is 0 Å². The van der Waals surface area contributed by atoms with E-state index in [0.29, 0.717) is 24.2 Å². The summed E-state index contributed by atoms with van der Waals surface area (Å²) in [5, 5.41) is 7.42. The largest absolute Gasteiger partial charge is 0.388 e. The van der Waals surface area contributed by atoms with Gasteiger partial charge in [0.1, 0.15) is 0 Å². The minimum absolute atomic E-state index is 0.319. The smallest absolute Gasteiger partial charge is 0.0920 e. The molecule has 3 nitrogen and oxygen atoms in total. The van der Waals surface area contributed by atoms with Crippen LogP contribution in [0.25, 0.3) is 0 Å². The third-order valence-corrected chi connectivity index (χ3v) is 3.45. The van der Waals surface area contributed by atoms with Gasteiger partial charge in [0.15, 0.2) is 0 Å². The fourth-order valence-corrected chi connectivity index (χ4v) is 2.78. The molecule has 0 bridgehead atoms. The summed E-state index contributed by atoms with van der Waals surface area (Å²) in [5.74, 6) is 1.01. The third kappa shape index (κ3) is 4.12. The van der Waals surface area contributed by atoms with E-state index in [1.807, 2.05) is 0 Å². The lowest BCUT2D eigenvalue weighted by molar-refractivity contribution is 0.130. The molecule has 0 aromatic carbocycles. The van der Waals surface area contributed by atoms with Crippen molar-refractivity contribution in [3.8, 4) is 0 Å². The Hall–Kier alpha value is -0.570. The van der Waals surface area contributed by atoms with Crippen LogP contribution in [-0.4, -0.2) is 29.4 Å². The summed E-state index contributed by atoms with van der Waals surface area (Å²) in [6.45, 7) is 7.88. The number of nitrogens with zero attached hydrogens (tertiary/aromatic N) is 1. The Balaban J connectivity index is 2.57. The first kappa shape index (κ1) is 13.5. The maximum Gasteiger partial charge on any atom is 0.0920 e. The predicted molar refractivity (Wildman–Crippen MR) is 69.8 cm³/mol. The zero-order valence-corrected chi connectivity index (χ0v) is 11.0. The molecule has 0 aromatic heterocycles. The van der Waals surface area contributed by atoms with E-state index in [1.54, 1.807) is 0 Å². The van der Waals surface area contributed by atoms with E-state index < -0.39 is 0 Å². The molecule has 1 rings (SSSR count). The van der Waals surface area contributed by atoms with Gasteiger partial charge in [0.05, 0.1) is 5.84 Å². The highest BCUT2D eigenvalue weighted by Crippen LogP contribution is 2.26. The number of amidine groups is 1. The summed E-state index contributed by atoms with van der Waals surface area (Å²) in [7, 11) is 0. The highest BCUT2D eigenvalue weighted by Gasteiger charge is 2.26. The van der Waals surface area contributed by atoms with E-state index in [1.165, 1.54) is 25.7 Å². The van der Waals surface area contributed by atoms with Gasteiger partial charge in [0.2, 0.25) is 0 Å². The molecule has 0 aliphatic heterocycles. The molecule has 1 aliphatic rings. The SMILES string of the molecule is CC(C)CN(C(C)CC(=N)N)C1CCCC1. The molecule has 0 spiro atoms. The second-order valence-electron chi connectivity index (χ2n) is 5.61. The average molecular weight is 225 g/mol. The lowest BCUT2D eigenvalue weighted by Crippen LogP contribution is -2.44. The first-order valence-electron chi connectivity index (χ1n) is 6.59. The highest BCUT2D eigenvalue weighted by molar-refractivity contribution is 5.77. The maximum absolute atomic E-state index is 7.42. The van der Waals surface area contributed by atoms with Crippen LogP contribution < -0.4 is 5.73 Å². The minimum atomic E-state index is 0.319. The van der Waals surface area contributed by atoms with E-state index in [-0.39, 0.29) is 0 Å². The van der Waals surface area contributed by atoms with Gasteiger partial charge in [-0.2, -0.15) is 0 Å². The van der Waals surface area contributed by atoms with Crippen LogP contribution in [0.1, 0.15) is 52.9 Å². The average Bonchev–Trinajstić information content (AvgIpc) is 2.64. The molecule has 0 radical (unpaired) electrons. The van der Waals surface area contributed by atoms with Crippen LogP contribution in [0.15, 0.2) is 0 Å². The minimum Gasteiger partial charge on any atom is -0.388 e. The van der Waals surface area contributed by atoms with Crippen molar-refractivity contribution in [2.24, 2.45) is 11.7 Å². The van der Waals surface area contributed by atoms with Crippen LogP contribution in [0.3, 0.4) is 0 Å². The summed E-state index contributed by atoms with van der Waals surface area (Å²) < 4.78 is 0. The molecule has 1 unspecified atom stereocenters. The molecule has 3 heteroatoms. The number of rotatable bonds is 6. The van der Waals surface area contributed by atoms with Gasteiger partial charge in [-0.25, -0.2) is 0 Å². The molecular formula is C13H27N3. The fourth-order valence-electron chi connectivity index (χ4n) is 2.78. The molecule has 3 N–H and O–H groups in total. The van der Waals surface area contributed by atoms with Crippen molar-refractivity contribution in [2.75, 3.05) is 6.54 Å². The molecule has 0 aromatic rings. The Morgan fingerprint density at radius 1 is 1.31 bits per heavy atom. The molecule has 1 aliphatic carbocycles. The lowest BCUT2D eigenvalue weighted by atomic mass is 10.1. The number of nitrogens with one attached hydrogen (secondary N) is 1. The van der Waals surface area contributed by atoms with Crippen molar-refractivity contribution in [2.45, 2.75) is 65.0 Å². The second kappa shape index (κ2) is 6.24. The summed E-state index contributed by atoms with van der Waals surface area (Å²) in [6.07, 6.45) is 6.10. The van der Waals surface area contributed by atoms with Gasteiger partial charge in [0, 0.05) is 25.0 Å². The summed E-state index contributed by atoms with van der Waals surface area (Å²) in [5.41, 5.74) is 5.52. The van der Waals surface area contributed by atoms with E-state index >= 15 is 0 Å². The van der Waals surface area contributed by atoms with Crippen LogP contribution in [-0.2, 0) is 0 Å². The first-order valence-corrected chi connectivity index (χ1v) is 6.59. The van der Waals surface area contributed by atoms with E-state index in [0.717, 1.165) is 12.6 Å². The quantitative estimate of drug-likeness (QED) is 0.539. The van der Waals surface area contributed by atoms with Crippen molar-refractivity contribution >= 4 is 5.84 Å². The van der Waals surface area contributed by atoms with Gasteiger partial charge in [0.25, 0.3) is 0 Å². The van der Waals surface area contributed by atoms with Crippen molar-refractivity contribution in [3.05, 3.63) is 0 Å². The maximum atomic E-state index is 7.42. The normalized spacial score (nSPS) is 19.6. The monoisotopic (exact) mass is 225 g/mol. The third-order valence-electron chi connectivity index (χ3n) is 3.45. The lowest BCUT2D eigenvalue weighted by Gasteiger charge is -2.35. The number of nitrogens with two attached hydrogens (primary N) is 1. The molecule has 16 heavy (non-hydrogen) atoms. The van der Waals surface area contributed by atoms with Gasteiger partial charge in [-0.3, -0.25) is 10.3 Å². The zero-order valence-electron chi connectivity index (χ0n) is 11.0. The summed E-state index contributed by atoms with van der Waals surface area (Å²) in [4.78, 5) is 2.58. The van der Waals surface area contributed by atoms with Crippen molar-refractivity contribution in [1.29, 1.82) is 5.41 Å². The van der Waals surface area contributed by atoms with Crippen molar-refractivity contribution in [1.82, 2.24) is 4.90 Å². The van der Waals surface area contributed by atoms with Gasteiger partial charge >= 0.3 is 0 Å². The molecule has 1 fully saturated rings. The first-order chi connectivity index (χ1) is 7.50. The number of hydrogen-bond donors (Lipinski definition) is 2. The standard InChI is InChI=1S/C13H27N3/c1-10(2)9-16(11(3)8-13(14)15)12-6-4-5-7-12/h10-12H,4-9H2,1-3H3,(H3,14,15). The summed E-state index contributed by atoms with van der Waals surface area (Å²) >= 11 is 0. The Kier molecular flexibility index (Phi) is 5.26. The summed E-state index contributed by atoms with van der Waals surface area (Å²) in [6, 6.07) is 1.15. The van der Waals surface area contributed by atoms with Gasteiger partial charge < -0.3 is 5.73 Å². The Morgan fingerprint density at radius 2 is 1.88 bits per heavy atom. The van der Waals surface area contributed by atoms with Crippen LogP contribution in [0.5, 0.6) is 0 Å². The van der Waals surface area contributed by atoms with E-state index in [4.69, 9.17) is 11.1 Å². The predicted octanol–water partition coefficient (Wildman–Crippen LogP) is 2.60. The molecule has 0 heterocycles. The second-order valence-corrected chi connectivity index (χ2v) is 5.61. The van der Waals surface area contributed by atoms with E-state index in [2.05, 4.69) is 25.7 Å². The molecule has 94 valence electrons. The number of hydrogen-bond acceptors (Lipinski definition) is 2. The van der Waals surface area contributed by atoms with Crippen LogP contribution in [0.2, 0.25) is 0 Å². The zero-order chi connectivity index (χ0) is 12.1. The van der Waals surface area contributed by atoms with Gasteiger partial charge in [-0.05, 0) is 25.7 Å². The van der Waals surface area contributed by atoms with Crippen molar-refractivity contribution in [3.63, 3.8) is 0 Å². The Labute approximate surface area is 99.9 Å². The molecule has 0 saturated heterocycles. The van der Waals surface area contributed by atoms with Gasteiger partial charge in [-0.1, -0.05) is 26.7 Å². The Morgan fingerprint density at radius 3 is 2.31 bits per heavy atom.